The zero-order valence-corrected chi connectivity index (χ0v) is 17.1. The molecule has 1 amide bonds. The van der Waals surface area contributed by atoms with Crippen molar-refractivity contribution in [2.75, 3.05) is 12.4 Å². The van der Waals surface area contributed by atoms with Crippen LogP contribution >= 0.6 is 34.5 Å². The Kier molecular flexibility index (Phi) is 6.52. The summed E-state index contributed by atoms with van der Waals surface area (Å²) < 4.78 is 4.90. The van der Waals surface area contributed by atoms with E-state index >= 15 is 0 Å². The van der Waals surface area contributed by atoms with Gasteiger partial charge in [0.2, 0.25) is 5.91 Å². The minimum absolute atomic E-state index is 0.305. The quantitative estimate of drug-likeness (QED) is 0.388. The first kappa shape index (κ1) is 20.1. The van der Waals surface area contributed by atoms with E-state index in [9.17, 15) is 9.59 Å². The van der Waals surface area contributed by atoms with Gasteiger partial charge in [-0.05, 0) is 41.5 Å². The molecule has 3 aromatic rings. The van der Waals surface area contributed by atoms with E-state index < -0.39 is 5.97 Å². The number of ether oxygens (including phenoxy) is 1. The number of carbonyl (C=O) groups excluding carboxylic acids is 2. The molecule has 1 heterocycles. The van der Waals surface area contributed by atoms with E-state index in [-0.39, 0.29) is 5.91 Å². The van der Waals surface area contributed by atoms with Gasteiger partial charge in [-0.2, -0.15) is 0 Å². The summed E-state index contributed by atoms with van der Waals surface area (Å²) in [5, 5.41) is 6.14. The third-order valence-electron chi connectivity index (χ3n) is 3.85. The van der Waals surface area contributed by atoms with Crippen LogP contribution < -0.4 is 5.32 Å². The Morgan fingerprint density at radius 3 is 2.50 bits per heavy atom. The summed E-state index contributed by atoms with van der Waals surface area (Å²) in [5.74, 6) is -0.894. The predicted molar refractivity (Wildman–Crippen MR) is 115 cm³/mol. The van der Waals surface area contributed by atoms with Crippen molar-refractivity contribution in [2.24, 2.45) is 0 Å². The Hall–Kier alpha value is -2.60. The molecule has 0 fully saturated rings. The van der Waals surface area contributed by atoms with E-state index in [1.165, 1.54) is 24.5 Å². The number of thiophene rings is 1. The number of methoxy groups -OCH3 is 1. The highest BCUT2D eigenvalue weighted by atomic mass is 35.5. The van der Waals surface area contributed by atoms with Gasteiger partial charge in [-0.25, -0.2) is 4.79 Å². The second kappa shape index (κ2) is 9.06. The molecule has 142 valence electrons. The maximum atomic E-state index is 12.3. The van der Waals surface area contributed by atoms with Gasteiger partial charge in [0.25, 0.3) is 0 Å². The Morgan fingerprint density at radius 2 is 1.82 bits per heavy atom. The van der Waals surface area contributed by atoms with Crippen LogP contribution in [0.25, 0.3) is 17.2 Å². The molecule has 4 nitrogen and oxygen atoms in total. The lowest BCUT2D eigenvalue weighted by atomic mass is 10.0. The second-order valence-electron chi connectivity index (χ2n) is 5.73. The molecule has 28 heavy (non-hydrogen) atoms. The molecule has 0 aliphatic heterocycles. The van der Waals surface area contributed by atoms with Crippen molar-refractivity contribution in [1.82, 2.24) is 0 Å². The van der Waals surface area contributed by atoms with Crippen LogP contribution in [0.4, 0.5) is 5.00 Å². The maximum Gasteiger partial charge on any atom is 0.341 e. The Balaban J connectivity index is 1.86. The summed E-state index contributed by atoms with van der Waals surface area (Å²) in [7, 11) is 1.30. The van der Waals surface area contributed by atoms with Crippen LogP contribution in [0.2, 0.25) is 10.0 Å². The average Bonchev–Trinajstić information content (AvgIpc) is 3.10. The van der Waals surface area contributed by atoms with Crippen LogP contribution in [0, 0.1) is 0 Å². The van der Waals surface area contributed by atoms with Crippen molar-refractivity contribution in [3.8, 4) is 11.1 Å². The van der Waals surface area contributed by atoms with E-state index in [0.717, 1.165) is 11.1 Å². The van der Waals surface area contributed by atoms with E-state index in [1.807, 2.05) is 18.2 Å². The number of hydrogen-bond donors (Lipinski definition) is 1. The summed E-state index contributed by atoms with van der Waals surface area (Å²) in [4.78, 5) is 24.7. The second-order valence-corrected chi connectivity index (χ2v) is 7.48. The smallest absolute Gasteiger partial charge is 0.341 e. The third kappa shape index (κ3) is 4.81. The van der Waals surface area contributed by atoms with Gasteiger partial charge in [0.1, 0.15) is 10.6 Å². The molecule has 0 bridgehead atoms. The molecule has 0 spiro atoms. The molecule has 0 unspecified atom stereocenters. The number of amides is 1. The van der Waals surface area contributed by atoms with Crippen LogP contribution in [0.1, 0.15) is 15.9 Å². The van der Waals surface area contributed by atoms with Crippen LogP contribution in [0.3, 0.4) is 0 Å². The third-order valence-corrected chi connectivity index (χ3v) is 5.23. The molecule has 7 heteroatoms. The number of anilines is 1. The summed E-state index contributed by atoms with van der Waals surface area (Å²) in [6.07, 6.45) is 3.03. The van der Waals surface area contributed by atoms with Gasteiger partial charge in [0, 0.05) is 27.1 Å². The van der Waals surface area contributed by atoms with Gasteiger partial charge in [0.05, 0.1) is 7.11 Å². The minimum atomic E-state index is -0.527. The summed E-state index contributed by atoms with van der Waals surface area (Å²) in [6, 6.07) is 14.2. The van der Waals surface area contributed by atoms with Gasteiger partial charge in [-0.1, -0.05) is 47.5 Å². The highest BCUT2D eigenvalue weighted by Crippen LogP contribution is 2.36. The lowest BCUT2D eigenvalue weighted by molar-refractivity contribution is -0.111. The minimum Gasteiger partial charge on any atom is -0.465 e. The van der Waals surface area contributed by atoms with Crippen LogP contribution in [-0.4, -0.2) is 19.0 Å². The maximum absolute atomic E-state index is 12.3. The first-order chi connectivity index (χ1) is 13.5. The summed E-state index contributed by atoms with van der Waals surface area (Å²) in [5.41, 5.74) is 2.57. The normalized spacial score (nSPS) is 10.8. The highest BCUT2D eigenvalue weighted by Gasteiger charge is 2.21. The number of rotatable bonds is 5. The standard InChI is InChI=1S/C21H15Cl2NO3S/c1-27-21(26)19-17(14-6-8-15(22)9-7-14)12-28-20(19)24-18(25)10-5-13-3-2-4-16(23)11-13/h2-12H,1H3,(H,24,25)/b10-5+. The first-order valence-electron chi connectivity index (χ1n) is 8.18. The average molecular weight is 432 g/mol. The fourth-order valence-corrected chi connectivity index (χ4v) is 3.82. The van der Waals surface area contributed by atoms with Crippen molar-refractivity contribution >= 4 is 57.5 Å². The fourth-order valence-electron chi connectivity index (χ4n) is 2.53. The Labute approximate surface area is 176 Å². The van der Waals surface area contributed by atoms with Crippen molar-refractivity contribution in [1.29, 1.82) is 0 Å². The molecule has 1 aromatic heterocycles. The predicted octanol–water partition coefficient (Wildman–Crippen LogP) is 6.16. The largest absolute Gasteiger partial charge is 0.465 e. The lowest BCUT2D eigenvalue weighted by Gasteiger charge is -2.07. The zero-order valence-electron chi connectivity index (χ0n) is 14.7. The van der Waals surface area contributed by atoms with Gasteiger partial charge in [0.15, 0.2) is 0 Å². The zero-order chi connectivity index (χ0) is 20.1. The Bertz CT molecular complexity index is 1040. The van der Waals surface area contributed by atoms with Crippen molar-refractivity contribution in [3.63, 3.8) is 0 Å². The number of halogens is 2. The monoisotopic (exact) mass is 431 g/mol. The number of esters is 1. The van der Waals surface area contributed by atoms with Crippen LogP contribution in [0.15, 0.2) is 60.0 Å². The summed E-state index contributed by atoms with van der Waals surface area (Å²) in [6.45, 7) is 0. The topological polar surface area (TPSA) is 55.4 Å². The number of hydrogen-bond acceptors (Lipinski definition) is 4. The molecule has 1 N–H and O–H groups in total. The first-order valence-corrected chi connectivity index (χ1v) is 9.82. The number of carbonyl (C=O) groups is 2. The van der Waals surface area contributed by atoms with Crippen LogP contribution in [-0.2, 0) is 9.53 Å². The van der Waals surface area contributed by atoms with Gasteiger partial charge in [-0.3, -0.25) is 4.79 Å². The van der Waals surface area contributed by atoms with Crippen molar-refractivity contribution in [3.05, 3.63) is 81.2 Å². The van der Waals surface area contributed by atoms with Gasteiger partial charge in [-0.15, -0.1) is 11.3 Å². The molecule has 0 atom stereocenters. The van der Waals surface area contributed by atoms with E-state index in [2.05, 4.69) is 5.32 Å². The molecule has 0 aliphatic carbocycles. The lowest BCUT2D eigenvalue weighted by Crippen LogP contribution is -2.11. The summed E-state index contributed by atoms with van der Waals surface area (Å²) >= 11 is 13.1. The Morgan fingerprint density at radius 1 is 1.07 bits per heavy atom. The SMILES string of the molecule is COC(=O)c1c(-c2ccc(Cl)cc2)csc1NC(=O)/C=C/c1cccc(Cl)c1. The molecule has 0 aliphatic rings. The van der Waals surface area contributed by atoms with Crippen LogP contribution in [0.5, 0.6) is 0 Å². The van der Waals surface area contributed by atoms with Crippen molar-refractivity contribution in [2.45, 2.75) is 0 Å². The molecular formula is C21H15Cl2NO3S. The highest BCUT2D eigenvalue weighted by molar-refractivity contribution is 7.15. The number of nitrogens with one attached hydrogen (secondary N) is 1. The molecular weight excluding hydrogens is 417 g/mol. The van der Waals surface area contributed by atoms with E-state index in [0.29, 0.717) is 26.2 Å². The molecule has 0 saturated carbocycles. The van der Waals surface area contributed by atoms with E-state index in [1.54, 1.807) is 41.8 Å². The molecule has 0 radical (unpaired) electrons. The molecule has 0 saturated heterocycles. The fraction of sp³-hybridized carbons (Fsp3) is 0.0476. The molecule has 2 aromatic carbocycles. The van der Waals surface area contributed by atoms with Crippen molar-refractivity contribution < 1.29 is 14.3 Å². The van der Waals surface area contributed by atoms with Gasteiger partial charge >= 0.3 is 5.97 Å². The molecule has 3 rings (SSSR count). The number of benzene rings is 2. The van der Waals surface area contributed by atoms with Gasteiger partial charge < -0.3 is 10.1 Å². The van der Waals surface area contributed by atoms with E-state index in [4.69, 9.17) is 27.9 Å².